The molecule has 2 aromatic heterocycles. The van der Waals surface area contributed by atoms with Gasteiger partial charge >= 0.3 is 6.18 Å². The maximum Gasteiger partial charge on any atom is 0.398 e. The number of carbonyl (C=O) groups is 1. The summed E-state index contributed by atoms with van der Waals surface area (Å²) in [5.41, 5.74) is -2.40. The van der Waals surface area contributed by atoms with Crippen molar-refractivity contribution in [2.75, 3.05) is 5.32 Å². The van der Waals surface area contributed by atoms with E-state index in [-0.39, 0.29) is 29.9 Å². The Bertz CT molecular complexity index is 965. The lowest BCUT2D eigenvalue weighted by Gasteiger charge is -2.33. The molecule has 0 saturated carbocycles. The summed E-state index contributed by atoms with van der Waals surface area (Å²) in [5, 5.41) is 2.18. The summed E-state index contributed by atoms with van der Waals surface area (Å²) in [7, 11) is 0. The van der Waals surface area contributed by atoms with Crippen LogP contribution in [-0.4, -0.2) is 27.0 Å². The number of carbonyl (C=O) groups excluding carboxylic acids is 1. The molecule has 0 aliphatic heterocycles. The van der Waals surface area contributed by atoms with E-state index >= 15 is 0 Å². The van der Waals surface area contributed by atoms with Crippen molar-refractivity contribution in [1.29, 1.82) is 0 Å². The number of halogens is 5. The third kappa shape index (κ3) is 4.01. The van der Waals surface area contributed by atoms with Crippen LogP contribution in [0.2, 0.25) is 0 Å². The maximum absolute atomic E-state index is 13.6. The van der Waals surface area contributed by atoms with Crippen LogP contribution >= 0.6 is 0 Å². The SMILES string of the molecule is CCC1(C(F)(F)F)C=C(c2cnc(NC(=O)c3c(F)cncc3F)cn2)C=CC1. The van der Waals surface area contributed by atoms with E-state index in [2.05, 4.69) is 20.3 Å². The second-order valence-electron chi connectivity index (χ2n) is 6.43. The Morgan fingerprint density at radius 2 is 1.83 bits per heavy atom. The second kappa shape index (κ2) is 7.69. The van der Waals surface area contributed by atoms with Crippen LogP contribution in [0.4, 0.5) is 27.8 Å². The second-order valence-corrected chi connectivity index (χ2v) is 6.43. The van der Waals surface area contributed by atoms with E-state index in [4.69, 9.17) is 0 Å². The summed E-state index contributed by atoms with van der Waals surface area (Å²) in [4.78, 5) is 23.2. The van der Waals surface area contributed by atoms with Crippen LogP contribution < -0.4 is 5.32 Å². The first-order valence-electron chi connectivity index (χ1n) is 8.56. The molecule has 2 aromatic rings. The fourth-order valence-electron chi connectivity index (χ4n) is 2.95. The van der Waals surface area contributed by atoms with Crippen LogP contribution in [0.1, 0.15) is 35.8 Å². The molecule has 152 valence electrons. The van der Waals surface area contributed by atoms with Crippen LogP contribution in [0, 0.1) is 17.0 Å². The monoisotopic (exact) mass is 410 g/mol. The molecule has 1 N–H and O–H groups in total. The molecule has 1 amide bonds. The third-order valence-electron chi connectivity index (χ3n) is 4.68. The van der Waals surface area contributed by atoms with Crippen molar-refractivity contribution < 1.29 is 26.7 Å². The largest absolute Gasteiger partial charge is 0.398 e. The third-order valence-corrected chi connectivity index (χ3v) is 4.68. The molecule has 3 rings (SSSR count). The summed E-state index contributed by atoms with van der Waals surface area (Å²) < 4.78 is 67.7. The first-order valence-corrected chi connectivity index (χ1v) is 8.56. The van der Waals surface area contributed by atoms with Crippen LogP contribution in [-0.2, 0) is 0 Å². The minimum atomic E-state index is -4.42. The minimum Gasteiger partial charge on any atom is -0.305 e. The van der Waals surface area contributed by atoms with Crippen molar-refractivity contribution in [2.45, 2.75) is 25.9 Å². The fraction of sp³-hybridized carbons (Fsp3) is 0.263. The lowest BCUT2D eigenvalue weighted by atomic mass is 9.76. The standard InChI is InChI=1S/C19H15F5N4O/c1-2-18(19(22,23)24)5-3-4-11(6-18)14-9-27-15(10-26-14)28-17(29)16-12(20)7-25-8-13(16)21/h3-4,6-10H,2,5H2,1H3,(H,27,28,29). The van der Waals surface area contributed by atoms with E-state index < -0.39 is 34.7 Å². The van der Waals surface area contributed by atoms with E-state index in [1.54, 1.807) is 0 Å². The van der Waals surface area contributed by atoms with Gasteiger partial charge in [0.25, 0.3) is 5.91 Å². The molecule has 10 heteroatoms. The average molecular weight is 410 g/mol. The Kier molecular flexibility index (Phi) is 5.45. The van der Waals surface area contributed by atoms with E-state index in [9.17, 15) is 26.7 Å². The van der Waals surface area contributed by atoms with Gasteiger partial charge in [-0.1, -0.05) is 25.2 Å². The van der Waals surface area contributed by atoms with Crippen molar-refractivity contribution in [3.8, 4) is 0 Å². The minimum absolute atomic E-state index is 0.118. The number of hydrogen-bond acceptors (Lipinski definition) is 4. The quantitative estimate of drug-likeness (QED) is 0.742. The highest BCUT2D eigenvalue weighted by molar-refractivity contribution is 6.04. The Morgan fingerprint density at radius 1 is 1.14 bits per heavy atom. The highest BCUT2D eigenvalue weighted by Crippen LogP contribution is 2.48. The number of allylic oxidation sites excluding steroid dienone is 4. The summed E-state index contributed by atoms with van der Waals surface area (Å²) in [6.45, 7) is 1.46. The van der Waals surface area contributed by atoms with Gasteiger partial charge in [0.2, 0.25) is 0 Å². The Labute approximate surface area is 162 Å². The highest BCUT2D eigenvalue weighted by atomic mass is 19.4. The van der Waals surface area contributed by atoms with Crippen LogP contribution in [0.25, 0.3) is 5.57 Å². The predicted molar refractivity (Wildman–Crippen MR) is 94.7 cm³/mol. The first kappa shape index (κ1) is 20.6. The van der Waals surface area contributed by atoms with Crippen LogP contribution in [0.15, 0.2) is 43.0 Å². The molecule has 1 aliphatic rings. The fourth-order valence-corrected chi connectivity index (χ4v) is 2.95. The van der Waals surface area contributed by atoms with Gasteiger partial charge in [0.05, 0.1) is 35.9 Å². The zero-order valence-electron chi connectivity index (χ0n) is 15.1. The van der Waals surface area contributed by atoms with Gasteiger partial charge in [-0.3, -0.25) is 14.8 Å². The van der Waals surface area contributed by atoms with Crippen molar-refractivity contribution in [3.05, 3.63) is 65.9 Å². The van der Waals surface area contributed by atoms with Crippen molar-refractivity contribution >= 4 is 17.3 Å². The number of nitrogens with zero attached hydrogens (tertiary/aromatic N) is 3. The molecule has 0 bridgehead atoms. The Morgan fingerprint density at radius 3 is 2.38 bits per heavy atom. The van der Waals surface area contributed by atoms with E-state index in [0.29, 0.717) is 12.4 Å². The summed E-state index contributed by atoms with van der Waals surface area (Å²) in [5.74, 6) is -3.50. The number of hydrogen-bond donors (Lipinski definition) is 1. The summed E-state index contributed by atoms with van der Waals surface area (Å²) in [6, 6.07) is 0. The van der Waals surface area contributed by atoms with Crippen molar-refractivity contribution in [1.82, 2.24) is 15.0 Å². The van der Waals surface area contributed by atoms with Crippen molar-refractivity contribution in [2.24, 2.45) is 5.41 Å². The Balaban J connectivity index is 1.83. The molecule has 0 aromatic carbocycles. The number of alkyl halides is 3. The molecule has 5 nitrogen and oxygen atoms in total. The predicted octanol–water partition coefficient (Wildman–Crippen LogP) is 4.70. The van der Waals surface area contributed by atoms with Crippen LogP contribution in [0.3, 0.4) is 0 Å². The zero-order valence-corrected chi connectivity index (χ0v) is 15.1. The first-order chi connectivity index (χ1) is 13.7. The maximum atomic E-state index is 13.6. The highest BCUT2D eigenvalue weighted by Gasteiger charge is 2.51. The molecule has 1 aliphatic carbocycles. The lowest BCUT2D eigenvalue weighted by Crippen LogP contribution is -2.36. The molecule has 2 heterocycles. The molecular formula is C19H15F5N4O. The van der Waals surface area contributed by atoms with Gasteiger partial charge in [0.15, 0.2) is 17.5 Å². The van der Waals surface area contributed by atoms with Crippen LogP contribution in [0.5, 0.6) is 0 Å². The van der Waals surface area contributed by atoms with Gasteiger partial charge in [-0.2, -0.15) is 13.2 Å². The zero-order chi connectivity index (χ0) is 21.2. The van der Waals surface area contributed by atoms with Gasteiger partial charge in [-0.25, -0.2) is 13.8 Å². The topological polar surface area (TPSA) is 67.8 Å². The molecule has 1 atom stereocenters. The van der Waals surface area contributed by atoms with Gasteiger partial charge in [0, 0.05) is 0 Å². The molecular weight excluding hydrogens is 395 g/mol. The Hall–Kier alpha value is -3.17. The van der Waals surface area contributed by atoms with E-state index in [1.807, 2.05) is 0 Å². The van der Waals surface area contributed by atoms with Gasteiger partial charge in [-0.15, -0.1) is 0 Å². The van der Waals surface area contributed by atoms with Gasteiger partial charge in [-0.05, 0) is 18.4 Å². The normalized spacial score (nSPS) is 19.0. The number of pyridine rings is 1. The molecule has 0 saturated heterocycles. The van der Waals surface area contributed by atoms with E-state index in [0.717, 1.165) is 12.3 Å². The lowest BCUT2D eigenvalue weighted by molar-refractivity contribution is -0.206. The summed E-state index contributed by atoms with van der Waals surface area (Å²) in [6.07, 6.45) is 3.00. The number of aromatic nitrogens is 3. The number of rotatable bonds is 4. The molecule has 1 unspecified atom stereocenters. The van der Waals surface area contributed by atoms with Gasteiger partial charge < -0.3 is 5.32 Å². The number of nitrogens with one attached hydrogen (secondary N) is 1. The molecule has 0 spiro atoms. The molecule has 29 heavy (non-hydrogen) atoms. The summed E-state index contributed by atoms with van der Waals surface area (Å²) >= 11 is 0. The molecule has 0 fully saturated rings. The number of amides is 1. The number of anilines is 1. The molecule has 0 radical (unpaired) electrons. The van der Waals surface area contributed by atoms with Gasteiger partial charge in [0.1, 0.15) is 5.56 Å². The van der Waals surface area contributed by atoms with E-state index in [1.165, 1.54) is 25.3 Å². The average Bonchev–Trinajstić information content (AvgIpc) is 2.67. The van der Waals surface area contributed by atoms with Crippen molar-refractivity contribution in [3.63, 3.8) is 0 Å². The smallest absolute Gasteiger partial charge is 0.305 e.